The van der Waals surface area contributed by atoms with Gasteiger partial charge in [-0.2, -0.15) is 0 Å². The molecule has 7 heteroatoms. The number of ketones is 1. The first-order valence-electron chi connectivity index (χ1n) is 9.79. The van der Waals surface area contributed by atoms with E-state index in [0.29, 0.717) is 20.7 Å². The van der Waals surface area contributed by atoms with Crippen LogP contribution >= 0.6 is 22.6 Å². The van der Waals surface area contributed by atoms with Gasteiger partial charge in [-0.3, -0.25) is 14.9 Å². The maximum Gasteiger partial charge on any atom is 0.270 e. The largest absolute Gasteiger partial charge is 0.342 e. The van der Waals surface area contributed by atoms with Crippen molar-refractivity contribution in [3.63, 3.8) is 0 Å². The van der Waals surface area contributed by atoms with Crippen LogP contribution in [-0.4, -0.2) is 27.9 Å². The molecule has 1 aromatic heterocycles. The number of aromatic nitrogens is 1. The van der Waals surface area contributed by atoms with Crippen LogP contribution in [0.4, 0.5) is 5.69 Å². The molecule has 0 spiro atoms. The lowest BCUT2D eigenvalue weighted by molar-refractivity contribution is -0.384. The van der Waals surface area contributed by atoms with Gasteiger partial charge in [-0.1, -0.05) is 24.6 Å². The van der Waals surface area contributed by atoms with Gasteiger partial charge in [-0.15, -0.1) is 0 Å². The summed E-state index contributed by atoms with van der Waals surface area (Å²) in [5, 5.41) is 15.7. The van der Waals surface area contributed by atoms with Gasteiger partial charge in [0.2, 0.25) is 0 Å². The van der Waals surface area contributed by atoms with Crippen molar-refractivity contribution in [2.45, 2.75) is 38.3 Å². The summed E-state index contributed by atoms with van der Waals surface area (Å²) in [5.41, 5.74) is 1.89. The van der Waals surface area contributed by atoms with Gasteiger partial charge in [0.15, 0.2) is 5.78 Å². The molecule has 0 amide bonds. The number of rotatable bonds is 5. The first kappa shape index (κ1) is 20.0. The van der Waals surface area contributed by atoms with E-state index >= 15 is 0 Å². The topological polar surface area (TPSA) is 77.2 Å². The summed E-state index contributed by atoms with van der Waals surface area (Å²) in [6.07, 6.45) is 5.44. The maximum atomic E-state index is 13.4. The number of non-ortho nitro benzene ring substituents is 1. The van der Waals surface area contributed by atoms with E-state index in [1.54, 1.807) is 6.07 Å². The van der Waals surface area contributed by atoms with Gasteiger partial charge in [-0.25, -0.2) is 0 Å². The number of benzene rings is 2. The second-order valence-corrected chi connectivity index (χ2v) is 8.68. The molecule has 6 nitrogen and oxygen atoms in total. The molecule has 1 N–H and O–H groups in total. The van der Waals surface area contributed by atoms with Gasteiger partial charge in [0, 0.05) is 56.0 Å². The van der Waals surface area contributed by atoms with E-state index in [9.17, 15) is 14.9 Å². The third kappa shape index (κ3) is 3.81. The van der Waals surface area contributed by atoms with Crippen molar-refractivity contribution in [2.24, 2.45) is 0 Å². The van der Waals surface area contributed by atoms with Crippen LogP contribution in [0.1, 0.15) is 48.1 Å². The first-order valence-corrected chi connectivity index (χ1v) is 10.9. The molecule has 1 fully saturated rings. The molecule has 4 rings (SSSR count). The molecule has 2 atom stereocenters. The second-order valence-electron chi connectivity index (χ2n) is 7.51. The van der Waals surface area contributed by atoms with Crippen LogP contribution in [0.5, 0.6) is 0 Å². The van der Waals surface area contributed by atoms with Crippen molar-refractivity contribution in [1.29, 1.82) is 0 Å². The first-order chi connectivity index (χ1) is 14.0. The number of hydrogen-bond donors (Lipinski definition) is 1. The van der Waals surface area contributed by atoms with E-state index in [0.717, 1.165) is 23.9 Å². The molecule has 2 heterocycles. The fraction of sp³-hybridized carbons (Fsp3) is 0.318. The van der Waals surface area contributed by atoms with Crippen molar-refractivity contribution >= 4 is 45.0 Å². The van der Waals surface area contributed by atoms with Crippen LogP contribution < -0.4 is 5.32 Å². The summed E-state index contributed by atoms with van der Waals surface area (Å²) >= 11 is 2.06. The molecule has 1 aliphatic heterocycles. The molecular formula is C22H22IN3O3. The lowest BCUT2D eigenvalue weighted by atomic mass is 9.99. The summed E-state index contributed by atoms with van der Waals surface area (Å²) in [6, 6.07) is 12.9. The highest BCUT2D eigenvalue weighted by Gasteiger charge is 2.26. The number of nitrogens with one attached hydrogen (secondary N) is 1. The third-order valence-electron chi connectivity index (χ3n) is 5.76. The van der Waals surface area contributed by atoms with Crippen LogP contribution in [0.15, 0.2) is 48.7 Å². The number of hydrogen-bond acceptors (Lipinski definition) is 4. The zero-order chi connectivity index (χ0) is 20.5. The van der Waals surface area contributed by atoms with Gasteiger partial charge in [0.25, 0.3) is 5.69 Å². The molecule has 2 unspecified atom stereocenters. The van der Waals surface area contributed by atoms with E-state index < -0.39 is 4.92 Å². The van der Waals surface area contributed by atoms with Gasteiger partial charge in [-0.05, 0) is 61.0 Å². The minimum atomic E-state index is -0.465. The minimum absolute atomic E-state index is 0.0720. The SMILES string of the molecule is CC(C1CCCCN1)n1cc(C(=O)c2cc([N+](=O)[O-])ccc2I)c2ccccc21. The Morgan fingerprint density at radius 2 is 2.03 bits per heavy atom. The molecule has 1 aliphatic rings. The fourth-order valence-corrected chi connectivity index (χ4v) is 4.73. The molecule has 1 saturated heterocycles. The van der Waals surface area contributed by atoms with Gasteiger partial charge in [0.1, 0.15) is 0 Å². The number of fused-ring (bicyclic) bond motifs is 1. The monoisotopic (exact) mass is 503 g/mol. The average Bonchev–Trinajstić information content (AvgIpc) is 3.13. The summed E-state index contributed by atoms with van der Waals surface area (Å²) in [7, 11) is 0. The quantitative estimate of drug-likeness (QED) is 0.228. The van der Waals surface area contributed by atoms with E-state index in [1.807, 2.05) is 30.5 Å². The number of para-hydroxylation sites is 1. The molecule has 2 aromatic carbocycles. The Kier molecular flexibility index (Phi) is 5.69. The molecule has 0 aliphatic carbocycles. The van der Waals surface area contributed by atoms with Crippen LogP contribution in [-0.2, 0) is 0 Å². The highest BCUT2D eigenvalue weighted by atomic mass is 127. The zero-order valence-corrected chi connectivity index (χ0v) is 18.3. The second kappa shape index (κ2) is 8.23. The van der Waals surface area contributed by atoms with Crippen molar-refractivity contribution in [3.8, 4) is 0 Å². The highest BCUT2D eigenvalue weighted by Crippen LogP contribution is 2.31. The van der Waals surface area contributed by atoms with Gasteiger partial charge < -0.3 is 9.88 Å². The van der Waals surface area contributed by atoms with Crippen molar-refractivity contribution in [3.05, 3.63) is 73.5 Å². The number of nitrogens with zero attached hydrogens (tertiary/aromatic N) is 2. The zero-order valence-electron chi connectivity index (χ0n) is 16.1. The maximum absolute atomic E-state index is 13.4. The standard InChI is InChI=1S/C22H22IN3O3/c1-14(20-7-4-5-11-24-20)25-13-18(16-6-2-3-8-21(16)25)22(27)17-12-15(26(28)29)9-10-19(17)23/h2-3,6,8-10,12-14,20,24H,4-5,7,11H2,1H3. The number of nitro groups is 1. The number of carbonyl (C=O) groups is 1. The average molecular weight is 503 g/mol. The summed E-state index contributed by atoms with van der Waals surface area (Å²) < 4.78 is 2.88. The van der Waals surface area contributed by atoms with E-state index in [-0.39, 0.29) is 17.5 Å². The van der Waals surface area contributed by atoms with E-state index in [1.165, 1.54) is 25.0 Å². The Morgan fingerprint density at radius 3 is 2.76 bits per heavy atom. The Balaban J connectivity index is 1.80. The van der Waals surface area contributed by atoms with Crippen LogP contribution in [0.25, 0.3) is 10.9 Å². The van der Waals surface area contributed by atoms with Crippen LogP contribution in [0.3, 0.4) is 0 Å². The smallest absolute Gasteiger partial charge is 0.270 e. The molecule has 0 bridgehead atoms. The predicted octanol–water partition coefficient (Wildman–Crippen LogP) is 5.09. The van der Waals surface area contributed by atoms with Crippen molar-refractivity contribution in [2.75, 3.05) is 6.54 Å². The lowest BCUT2D eigenvalue weighted by Crippen LogP contribution is -2.39. The Hall–Kier alpha value is -2.26. The molecule has 0 radical (unpaired) electrons. The van der Waals surface area contributed by atoms with Crippen molar-refractivity contribution < 1.29 is 9.72 Å². The number of halogens is 1. The van der Waals surface area contributed by atoms with Gasteiger partial charge >= 0.3 is 0 Å². The normalized spacial score (nSPS) is 17.9. The molecular weight excluding hydrogens is 481 g/mol. The van der Waals surface area contributed by atoms with E-state index in [2.05, 4.69) is 39.4 Å². The summed E-state index contributed by atoms with van der Waals surface area (Å²) in [4.78, 5) is 24.1. The summed E-state index contributed by atoms with van der Waals surface area (Å²) in [6.45, 7) is 3.20. The summed E-state index contributed by atoms with van der Waals surface area (Å²) in [5.74, 6) is -0.183. The Labute approximate surface area is 182 Å². The molecule has 3 aromatic rings. The predicted molar refractivity (Wildman–Crippen MR) is 122 cm³/mol. The third-order valence-corrected chi connectivity index (χ3v) is 6.70. The fourth-order valence-electron chi connectivity index (χ4n) is 4.15. The molecule has 0 saturated carbocycles. The highest BCUT2D eigenvalue weighted by molar-refractivity contribution is 14.1. The minimum Gasteiger partial charge on any atom is -0.342 e. The van der Waals surface area contributed by atoms with E-state index in [4.69, 9.17) is 0 Å². The molecule has 150 valence electrons. The Morgan fingerprint density at radius 1 is 1.24 bits per heavy atom. The van der Waals surface area contributed by atoms with Crippen LogP contribution in [0.2, 0.25) is 0 Å². The Bertz CT molecular complexity index is 1090. The molecule has 29 heavy (non-hydrogen) atoms. The van der Waals surface area contributed by atoms with Crippen LogP contribution in [0, 0.1) is 13.7 Å². The van der Waals surface area contributed by atoms with Crippen molar-refractivity contribution in [1.82, 2.24) is 9.88 Å². The number of carbonyl (C=O) groups excluding carboxylic acids is 1. The number of nitro benzene ring substituents is 1. The van der Waals surface area contributed by atoms with Gasteiger partial charge in [0.05, 0.1) is 4.92 Å². The number of piperidine rings is 1. The lowest BCUT2D eigenvalue weighted by Gasteiger charge is -2.30.